The van der Waals surface area contributed by atoms with Crippen LogP contribution in [0.1, 0.15) is 60.8 Å². The quantitative estimate of drug-likeness (QED) is 0.532. The fourth-order valence-electron chi connectivity index (χ4n) is 4.42. The molecule has 0 saturated carbocycles. The Balaban J connectivity index is 3.08. The molecule has 0 bridgehead atoms. The fourth-order valence-corrected chi connectivity index (χ4v) is 4.42. The van der Waals surface area contributed by atoms with Crippen LogP contribution in [0.5, 0.6) is 0 Å². The van der Waals surface area contributed by atoms with E-state index in [4.69, 9.17) is 9.47 Å². The highest BCUT2D eigenvalue weighted by Crippen LogP contribution is 2.35. The molecule has 6 nitrogen and oxygen atoms in total. The van der Waals surface area contributed by atoms with Crippen LogP contribution < -0.4 is 0 Å². The van der Waals surface area contributed by atoms with Crippen LogP contribution in [-0.4, -0.2) is 77.2 Å². The first kappa shape index (κ1) is 24.8. The first-order valence-electron chi connectivity index (χ1n) is 10.4. The van der Waals surface area contributed by atoms with E-state index in [0.29, 0.717) is 18.9 Å². The molecule has 27 heavy (non-hydrogen) atoms. The van der Waals surface area contributed by atoms with Crippen molar-refractivity contribution in [3.63, 3.8) is 0 Å². The number of nitrogens with zero attached hydrogens (tertiary/aromatic N) is 1. The molecule has 3 N–H and O–H groups in total. The van der Waals surface area contributed by atoms with Crippen molar-refractivity contribution in [3.8, 4) is 0 Å². The largest absolute Gasteiger partial charge is 0.396 e. The van der Waals surface area contributed by atoms with Gasteiger partial charge in [0.2, 0.25) is 0 Å². The van der Waals surface area contributed by atoms with E-state index in [9.17, 15) is 15.3 Å². The molecule has 0 aromatic heterocycles. The van der Waals surface area contributed by atoms with Gasteiger partial charge in [-0.25, -0.2) is 0 Å². The van der Waals surface area contributed by atoms with Crippen LogP contribution >= 0.6 is 0 Å². The number of hydrogen-bond donors (Lipinski definition) is 3. The number of aliphatic hydroxyl groups excluding tert-OH is 2. The number of hydrogen-bond acceptors (Lipinski definition) is 6. The molecule has 0 radical (unpaired) electrons. The lowest BCUT2D eigenvalue weighted by atomic mass is 9.80. The maximum Gasteiger partial charge on any atom is 0.162 e. The Bertz CT molecular complexity index is 431. The number of rotatable bonds is 10. The first-order valence-corrected chi connectivity index (χ1v) is 10.4. The van der Waals surface area contributed by atoms with Gasteiger partial charge in [-0.3, -0.25) is 0 Å². The zero-order valence-electron chi connectivity index (χ0n) is 18.6. The predicted octanol–water partition coefficient (Wildman–Crippen LogP) is 2.25. The summed E-state index contributed by atoms with van der Waals surface area (Å²) in [6.45, 7) is 11.6. The van der Waals surface area contributed by atoms with Gasteiger partial charge in [0.1, 0.15) is 0 Å². The van der Waals surface area contributed by atoms with Gasteiger partial charge >= 0.3 is 0 Å². The van der Waals surface area contributed by atoms with Crippen LogP contribution in [0.3, 0.4) is 0 Å². The van der Waals surface area contributed by atoms with Crippen LogP contribution in [0.4, 0.5) is 0 Å². The lowest BCUT2D eigenvalue weighted by Gasteiger charge is -2.47. The standard InChI is InChI=1S/C21H43NO5/c1-9-18(24)16(5)19(21(6,25)11-13(2)12-23)27-20-15(4)17(22(7)8)10-14(3)26-20/h13-20,23-25H,9-12H2,1-8H3/t13-,14-,15-,16+,17+,18-,19-,20?,21-/m1/s1. The van der Waals surface area contributed by atoms with Crippen molar-refractivity contribution in [2.24, 2.45) is 17.8 Å². The smallest absolute Gasteiger partial charge is 0.162 e. The third-order valence-electron chi connectivity index (χ3n) is 6.11. The maximum atomic E-state index is 11.2. The molecule has 162 valence electrons. The maximum absolute atomic E-state index is 11.2. The van der Waals surface area contributed by atoms with Gasteiger partial charge in [-0.2, -0.15) is 0 Å². The van der Waals surface area contributed by atoms with E-state index in [2.05, 4.69) is 25.9 Å². The minimum atomic E-state index is -1.19. The van der Waals surface area contributed by atoms with Gasteiger partial charge < -0.3 is 29.7 Å². The molecule has 0 aliphatic carbocycles. The van der Waals surface area contributed by atoms with Crippen molar-refractivity contribution in [1.29, 1.82) is 0 Å². The summed E-state index contributed by atoms with van der Waals surface area (Å²) in [5, 5.41) is 31.1. The van der Waals surface area contributed by atoms with E-state index in [1.165, 1.54) is 0 Å². The Kier molecular flexibility index (Phi) is 9.65. The van der Waals surface area contributed by atoms with Gasteiger partial charge in [0.25, 0.3) is 0 Å². The van der Waals surface area contributed by atoms with Gasteiger partial charge in [0, 0.05) is 24.5 Å². The number of aliphatic hydroxyl groups is 3. The van der Waals surface area contributed by atoms with E-state index >= 15 is 0 Å². The molecular formula is C21H43NO5. The highest BCUT2D eigenvalue weighted by molar-refractivity contribution is 4.92. The van der Waals surface area contributed by atoms with Crippen molar-refractivity contribution in [3.05, 3.63) is 0 Å². The average molecular weight is 390 g/mol. The highest BCUT2D eigenvalue weighted by atomic mass is 16.7. The second kappa shape index (κ2) is 10.5. The summed E-state index contributed by atoms with van der Waals surface area (Å²) in [7, 11) is 4.13. The number of ether oxygens (including phenoxy) is 2. The summed E-state index contributed by atoms with van der Waals surface area (Å²) >= 11 is 0. The van der Waals surface area contributed by atoms with Crippen molar-refractivity contribution >= 4 is 0 Å². The lowest BCUT2D eigenvalue weighted by Crippen LogP contribution is -2.55. The minimum Gasteiger partial charge on any atom is -0.396 e. The van der Waals surface area contributed by atoms with Crippen LogP contribution in [0.2, 0.25) is 0 Å². The molecule has 1 fully saturated rings. The van der Waals surface area contributed by atoms with E-state index in [1.54, 1.807) is 6.92 Å². The molecule has 0 spiro atoms. The summed E-state index contributed by atoms with van der Waals surface area (Å²) in [6.07, 6.45) is 0.353. The zero-order valence-corrected chi connectivity index (χ0v) is 18.6. The van der Waals surface area contributed by atoms with Gasteiger partial charge in [-0.15, -0.1) is 0 Å². The highest BCUT2D eigenvalue weighted by Gasteiger charge is 2.45. The molecule has 0 amide bonds. The third kappa shape index (κ3) is 6.65. The second-order valence-corrected chi connectivity index (χ2v) is 9.18. The van der Waals surface area contributed by atoms with E-state index in [0.717, 1.165) is 6.42 Å². The first-order chi connectivity index (χ1) is 12.4. The molecule has 6 heteroatoms. The Morgan fingerprint density at radius 2 is 1.85 bits per heavy atom. The molecule has 1 aliphatic heterocycles. The Labute approximate surface area is 165 Å². The van der Waals surface area contributed by atoms with Crippen LogP contribution in [0.25, 0.3) is 0 Å². The summed E-state index contributed by atoms with van der Waals surface area (Å²) in [5.41, 5.74) is -1.19. The molecule has 9 atom stereocenters. The Hall–Kier alpha value is -0.240. The second-order valence-electron chi connectivity index (χ2n) is 9.18. The Morgan fingerprint density at radius 3 is 2.33 bits per heavy atom. The molecule has 1 aliphatic rings. The fraction of sp³-hybridized carbons (Fsp3) is 1.00. The lowest BCUT2D eigenvalue weighted by molar-refractivity contribution is -0.284. The van der Waals surface area contributed by atoms with Gasteiger partial charge in [0.05, 0.1) is 23.9 Å². The molecule has 0 aromatic rings. The molecule has 1 heterocycles. The van der Waals surface area contributed by atoms with E-state index in [1.807, 2.05) is 27.7 Å². The summed E-state index contributed by atoms with van der Waals surface area (Å²) in [6, 6.07) is 0.326. The van der Waals surface area contributed by atoms with Gasteiger partial charge in [0.15, 0.2) is 6.29 Å². The third-order valence-corrected chi connectivity index (χ3v) is 6.11. The monoisotopic (exact) mass is 389 g/mol. The molecule has 1 saturated heterocycles. The van der Waals surface area contributed by atoms with Crippen molar-refractivity contribution in [2.45, 2.75) is 97.0 Å². The van der Waals surface area contributed by atoms with E-state index in [-0.39, 0.29) is 30.5 Å². The topological polar surface area (TPSA) is 82.4 Å². The summed E-state index contributed by atoms with van der Waals surface area (Å²) < 4.78 is 12.5. The Morgan fingerprint density at radius 1 is 1.26 bits per heavy atom. The average Bonchev–Trinajstić information content (AvgIpc) is 2.59. The van der Waals surface area contributed by atoms with Gasteiger partial charge in [-0.1, -0.05) is 27.7 Å². The van der Waals surface area contributed by atoms with Crippen LogP contribution in [0, 0.1) is 17.8 Å². The zero-order chi connectivity index (χ0) is 20.9. The predicted molar refractivity (Wildman–Crippen MR) is 107 cm³/mol. The van der Waals surface area contributed by atoms with Crippen LogP contribution in [-0.2, 0) is 9.47 Å². The summed E-state index contributed by atoms with van der Waals surface area (Å²) in [5.74, 6) is -0.187. The molecule has 0 aromatic carbocycles. The van der Waals surface area contributed by atoms with Gasteiger partial charge in [-0.05, 0) is 53.1 Å². The van der Waals surface area contributed by atoms with Crippen molar-refractivity contribution in [2.75, 3.05) is 20.7 Å². The normalized spacial score (nSPS) is 33.3. The molecule has 1 rings (SSSR count). The molecule has 1 unspecified atom stereocenters. The molecular weight excluding hydrogens is 346 g/mol. The SMILES string of the molecule is CC[C@@H](O)[C@H](C)[C@@H](OC1O[C@H](C)C[C@H](N(C)C)[C@H]1C)[C@](C)(O)C[C@@H](C)CO. The summed E-state index contributed by atoms with van der Waals surface area (Å²) in [4.78, 5) is 2.20. The van der Waals surface area contributed by atoms with E-state index < -0.39 is 24.1 Å². The van der Waals surface area contributed by atoms with Crippen molar-refractivity contribution in [1.82, 2.24) is 4.90 Å². The van der Waals surface area contributed by atoms with Crippen molar-refractivity contribution < 1.29 is 24.8 Å². The minimum absolute atomic E-state index is 0.00362. The van der Waals surface area contributed by atoms with Crippen LogP contribution in [0.15, 0.2) is 0 Å².